The van der Waals surface area contributed by atoms with Crippen LogP contribution in [0.15, 0.2) is 42.5 Å². The highest BCUT2D eigenvalue weighted by Crippen LogP contribution is 2.26. The fourth-order valence-corrected chi connectivity index (χ4v) is 1.65. The van der Waals surface area contributed by atoms with E-state index >= 15 is 0 Å². The number of nitrogens with one attached hydrogen (secondary N) is 1. The number of hydrogen-bond donors (Lipinski definition) is 2. The number of carboxylic acids is 1. The largest absolute Gasteiger partial charge is 0.497 e. The first kappa shape index (κ1) is 12.9. The Bertz CT molecular complexity index is 613. The maximum Gasteiger partial charge on any atom is 0.337 e. The molecule has 2 rings (SSSR count). The lowest BCUT2D eigenvalue weighted by atomic mass is 10.1. The van der Waals surface area contributed by atoms with Crippen LogP contribution in [0.1, 0.15) is 10.4 Å². The van der Waals surface area contributed by atoms with Crippen molar-refractivity contribution in [2.45, 2.75) is 0 Å². The third kappa shape index (κ3) is 2.82. The molecule has 0 atom stereocenters. The molecule has 0 amide bonds. The van der Waals surface area contributed by atoms with Crippen molar-refractivity contribution in [2.75, 3.05) is 12.4 Å². The number of ether oxygens (including phenoxy) is 1. The molecule has 0 fully saturated rings. The van der Waals surface area contributed by atoms with E-state index in [0.717, 1.165) is 0 Å². The predicted octanol–water partition coefficient (Wildman–Crippen LogP) is 3.28. The summed E-state index contributed by atoms with van der Waals surface area (Å²) in [7, 11) is 1.47. The first-order chi connectivity index (χ1) is 9.11. The van der Waals surface area contributed by atoms with Gasteiger partial charge in [0.25, 0.3) is 0 Å². The number of methoxy groups -OCH3 is 1. The van der Waals surface area contributed by atoms with Gasteiger partial charge in [-0.1, -0.05) is 12.1 Å². The smallest absolute Gasteiger partial charge is 0.337 e. The number of carbonyl (C=O) groups is 1. The van der Waals surface area contributed by atoms with Gasteiger partial charge in [-0.2, -0.15) is 0 Å². The van der Waals surface area contributed by atoms with Gasteiger partial charge in [-0.05, 0) is 24.3 Å². The molecule has 19 heavy (non-hydrogen) atoms. The monoisotopic (exact) mass is 261 g/mol. The number of anilines is 2. The molecule has 5 heteroatoms. The number of aromatic carboxylic acids is 1. The van der Waals surface area contributed by atoms with Crippen molar-refractivity contribution < 1.29 is 19.0 Å². The van der Waals surface area contributed by atoms with Crippen LogP contribution in [0, 0.1) is 5.82 Å². The summed E-state index contributed by atoms with van der Waals surface area (Å²) < 4.78 is 18.7. The molecule has 0 radical (unpaired) electrons. The zero-order valence-corrected chi connectivity index (χ0v) is 10.2. The first-order valence-corrected chi connectivity index (χ1v) is 5.54. The van der Waals surface area contributed by atoms with Crippen molar-refractivity contribution in [3.05, 3.63) is 53.8 Å². The Morgan fingerprint density at radius 1 is 1.21 bits per heavy atom. The number of halogens is 1. The minimum atomic E-state index is -1.08. The molecule has 0 aliphatic heterocycles. The van der Waals surface area contributed by atoms with Gasteiger partial charge in [-0.15, -0.1) is 0 Å². The number of benzene rings is 2. The molecule has 0 unspecified atom stereocenters. The zero-order chi connectivity index (χ0) is 13.8. The van der Waals surface area contributed by atoms with E-state index in [1.807, 2.05) is 0 Å². The van der Waals surface area contributed by atoms with E-state index in [4.69, 9.17) is 9.84 Å². The summed E-state index contributed by atoms with van der Waals surface area (Å²) in [5.74, 6) is -1.08. The van der Waals surface area contributed by atoms with Crippen LogP contribution in [0.5, 0.6) is 5.75 Å². The molecule has 0 saturated carbocycles. The minimum Gasteiger partial charge on any atom is -0.497 e. The van der Waals surface area contributed by atoms with Crippen LogP contribution < -0.4 is 10.1 Å². The second-order valence-corrected chi connectivity index (χ2v) is 3.82. The van der Waals surface area contributed by atoms with Crippen molar-refractivity contribution in [3.8, 4) is 5.75 Å². The maximum atomic E-state index is 13.7. The van der Waals surface area contributed by atoms with Crippen molar-refractivity contribution in [2.24, 2.45) is 0 Å². The fourth-order valence-electron chi connectivity index (χ4n) is 1.65. The first-order valence-electron chi connectivity index (χ1n) is 5.54. The molecular formula is C14H12FNO3. The SMILES string of the molecule is COc1ccc(F)c(Nc2ccccc2C(=O)O)c1. The molecule has 4 nitrogen and oxygen atoms in total. The normalized spacial score (nSPS) is 10.0. The topological polar surface area (TPSA) is 58.6 Å². The van der Waals surface area contributed by atoms with Gasteiger partial charge in [0.05, 0.1) is 24.0 Å². The van der Waals surface area contributed by atoms with E-state index in [1.54, 1.807) is 18.2 Å². The van der Waals surface area contributed by atoms with Crippen LogP contribution in [0.2, 0.25) is 0 Å². The predicted molar refractivity (Wildman–Crippen MR) is 69.6 cm³/mol. The summed E-state index contributed by atoms with van der Waals surface area (Å²) in [6.07, 6.45) is 0. The summed E-state index contributed by atoms with van der Waals surface area (Å²) in [6, 6.07) is 10.5. The van der Waals surface area contributed by atoms with Crippen molar-refractivity contribution in [1.29, 1.82) is 0 Å². The number of para-hydroxylation sites is 1. The molecule has 0 aliphatic carbocycles. The summed E-state index contributed by atoms with van der Waals surface area (Å²) in [6.45, 7) is 0. The van der Waals surface area contributed by atoms with Gasteiger partial charge in [-0.25, -0.2) is 9.18 Å². The molecule has 98 valence electrons. The second-order valence-electron chi connectivity index (χ2n) is 3.82. The van der Waals surface area contributed by atoms with Crippen LogP contribution in [-0.4, -0.2) is 18.2 Å². The Hall–Kier alpha value is -2.56. The van der Waals surface area contributed by atoms with Gasteiger partial charge in [-0.3, -0.25) is 0 Å². The van der Waals surface area contributed by atoms with Gasteiger partial charge in [0.1, 0.15) is 11.6 Å². The van der Waals surface area contributed by atoms with Crippen LogP contribution in [0.25, 0.3) is 0 Å². The molecule has 0 aliphatic rings. The molecule has 0 spiro atoms. The van der Waals surface area contributed by atoms with Gasteiger partial charge in [0, 0.05) is 6.07 Å². The third-order valence-corrected chi connectivity index (χ3v) is 2.60. The summed E-state index contributed by atoms with van der Waals surface area (Å²) in [5, 5.41) is 11.8. The van der Waals surface area contributed by atoms with E-state index in [9.17, 15) is 9.18 Å². The fraction of sp³-hybridized carbons (Fsp3) is 0.0714. The van der Waals surface area contributed by atoms with Gasteiger partial charge in [0.2, 0.25) is 0 Å². The summed E-state index contributed by atoms with van der Waals surface area (Å²) in [5.41, 5.74) is 0.555. The Morgan fingerprint density at radius 3 is 2.63 bits per heavy atom. The maximum absolute atomic E-state index is 13.7. The summed E-state index contributed by atoms with van der Waals surface area (Å²) in [4.78, 5) is 11.1. The highest BCUT2D eigenvalue weighted by atomic mass is 19.1. The molecule has 2 N–H and O–H groups in total. The molecule has 0 heterocycles. The Labute approximate surface area is 109 Å². The third-order valence-electron chi connectivity index (χ3n) is 2.60. The van der Waals surface area contributed by atoms with Gasteiger partial charge >= 0.3 is 5.97 Å². The molecule has 0 saturated heterocycles. The average Bonchev–Trinajstić information content (AvgIpc) is 2.41. The number of hydrogen-bond acceptors (Lipinski definition) is 3. The number of carboxylic acid groups (broad SMARTS) is 1. The number of rotatable bonds is 4. The van der Waals surface area contributed by atoms with Crippen LogP contribution in [0.4, 0.5) is 15.8 Å². The summed E-state index contributed by atoms with van der Waals surface area (Å²) >= 11 is 0. The van der Waals surface area contributed by atoms with Crippen LogP contribution >= 0.6 is 0 Å². The highest BCUT2D eigenvalue weighted by Gasteiger charge is 2.11. The van der Waals surface area contributed by atoms with Crippen LogP contribution in [-0.2, 0) is 0 Å². The minimum absolute atomic E-state index is 0.0738. The van der Waals surface area contributed by atoms with E-state index in [2.05, 4.69) is 5.32 Å². The lowest BCUT2D eigenvalue weighted by Crippen LogP contribution is -2.03. The van der Waals surface area contributed by atoms with E-state index < -0.39 is 11.8 Å². The van der Waals surface area contributed by atoms with Gasteiger partial charge < -0.3 is 15.2 Å². The lowest BCUT2D eigenvalue weighted by molar-refractivity contribution is 0.0698. The average molecular weight is 261 g/mol. The standard InChI is InChI=1S/C14H12FNO3/c1-19-9-6-7-11(15)13(8-9)16-12-5-3-2-4-10(12)14(17)18/h2-8,16H,1H3,(H,17,18). The van der Waals surface area contributed by atoms with Crippen molar-refractivity contribution >= 4 is 17.3 Å². The van der Waals surface area contributed by atoms with Crippen molar-refractivity contribution in [3.63, 3.8) is 0 Å². The van der Waals surface area contributed by atoms with E-state index in [0.29, 0.717) is 11.4 Å². The van der Waals surface area contributed by atoms with Crippen LogP contribution in [0.3, 0.4) is 0 Å². The lowest BCUT2D eigenvalue weighted by Gasteiger charge is -2.11. The second kappa shape index (κ2) is 5.39. The van der Waals surface area contributed by atoms with Gasteiger partial charge in [0.15, 0.2) is 0 Å². The molecular weight excluding hydrogens is 249 g/mol. The molecule has 0 aromatic heterocycles. The van der Waals surface area contributed by atoms with E-state index in [1.165, 1.54) is 31.4 Å². The highest BCUT2D eigenvalue weighted by molar-refractivity contribution is 5.95. The molecule has 2 aromatic carbocycles. The zero-order valence-electron chi connectivity index (χ0n) is 10.2. The molecule has 2 aromatic rings. The Balaban J connectivity index is 2.38. The molecule has 0 bridgehead atoms. The Kier molecular flexibility index (Phi) is 3.66. The Morgan fingerprint density at radius 2 is 1.95 bits per heavy atom. The van der Waals surface area contributed by atoms with E-state index in [-0.39, 0.29) is 11.3 Å². The quantitative estimate of drug-likeness (QED) is 0.886. The van der Waals surface area contributed by atoms with Crippen molar-refractivity contribution in [1.82, 2.24) is 0 Å².